The average molecular weight is 451 g/mol. The summed E-state index contributed by atoms with van der Waals surface area (Å²) in [6.45, 7) is 7.66. The lowest BCUT2D eigenvalue weighted by Crippen LogP contribution is -1.94. The van der Waals surface area contributed by atoms with E-state index in [-0.39, 0.29) is 11.3 Å². The number of nitriles is 1. The van der Waals surface area contributed by atoms with Crippen LogP contribution in [0.25, 0.3) is 49.4 Å². The highest BCUT2D eigenvalue weighted by molar-refractivity contribution is 5.89. The number of rotatable bonds is 4. The maximum atomic E-state index is 15.6. The lowest BCUT2D eigenvalue weighted by molar-refractivity contribution is 0.631. The Morgan fingerprint density at radius 1 is 0.571 bits per heavy atom. The van der Waals surface area contributed by atoms with E-state index in [2.05, 4.69) is 4.85 Å². The van der Waals surface area contributed by atoms with Gasteiger partial charge < -0.3 is 0 Å². The van der Waals surface area contributed by atoms with E-state index in [4.69, 9.17) is 6.57 Å². The van der Waals surface area contributed by atoms with E-state index in [1.807, 2.05) is 115 Å². The summed E-state index contributed by atoms with van der Waals surface area (Å²) in [6.07, 6.45) is 0. The number of hydrogen-bond donors (Lipinski definition) is 0. The summed E-state index contributed by atoms with van der Waals surface area (Å²) >= 11 is 0. The van der Waals surface area contributed by atoms with Crippen molar-refractivity contribution in [3.05, 3.63) is 138 Å². The van der Waals surface area contributed by atoms with Crippen LogP contribution in [0.1, 0.15) is 5.56 Å². The Kier molecular flexibility index (Phi) is 5.91. The highest BCUT2D eigenvalue weighted by atomic mass is 19.1. The van der Waals surface area contributed by atoms with E-state index in [9.17, 15) is 5.26 Å². The Morgan fingerprint density at radius 2 is 1.03 bits per heavy atom. The van der Waals surface area contributed by atoms with E-state index in [1.54, 1.807) is 6.07 Å². The van der Waals surface area contributed by atoms with Gasteiger partial charge in [-0.25, -0.2) is 9.24 Å². The minimum Gasteiger partial charge on any atom is -0.234 e. The zero-order valence-electron chi connectivity index (χ0n) is 18.7. The highest BCUT2D eigenvalue weighted by Crippen LogP contribution is 2.41. The van der Waals surface area contributed by atoms with Gasteiger partial charge in [-0.15, -0.1) is 0 Å². The SMILES string of the molecule is [C-]#[N+]c1c(-c2cccc(-c3ccccc3)c2)cc(-c2cccc(-c3ccccc3)c2)c(C#N)c1F. The van der Waals surface area contributed by atoms with Gasteiger partial charge in [0, 0.05) is 5.56 Å². The normalized spacial score (nSPS) is 10.4. The molecule has 164 valence electrons. The molecule has 0 aliphatic rings. The number of nitrogens with zero attached hydrogens (tertiary/aromatic N) is 2. The lowest BCUT2D eigenvalue weighted by Gasteiger charge is -2.14. The summed E-state index contributed by atoms with van der Waals surface area (Å²) in [4.78, 5) is 3.48. The molecule has 0 saturated carbocycles. The monoisotopic (exact) mass is 450 g/mol. The van der Waals surface area contributed by atoms with E-state index >= 15 is 4.39 Å². The topological polar surface area (TPSA) is 28.1 Å². The molecule has 5 aromatic rings. The lowest BCUT2D eigenvalue weighted by atomic mass is 9.90. The summed E-state index contributed by atoms with van der Waals surface area (Å²) in [7, 11) is 0. The molecule has 0 amide bonds. The zero-order valence-corrected chi connectivity index (χ0v) is 18.7. The first-order chi connectivity index (χ1) is 17.2. The summed E-state index contributed by atoms with van der Waals surface area (Å²) in [5.74, 6) is -0.787. The van der Waals surface area contributed by atoms with Gasteiger partial charge in [-0.3, -0.25) is 0 Å². The van der Waals surface area contributed by atoms with E-state index in [1.165, 1.54) is 0 Å². The molecule has 5 rings (SSSR count). The number of benzene rings is 5. The van der Waals surface area contributed by atoms with Crippen LogP contribution in [0.5, 0.6) is 0 Å². The Bertz CT molecular complexity index is 1490. The number of hydrogen-bond acceptors (Lipinski definition) is 1. The molecule has 5 aromatic carbocycles. The van der Waals surface area contributed by atoms with Gasteiger partial charge in [0.15, 0.2) is 0 Å². The molecule has 0 unspecified atom stereocenters. The molecule has 0 atom stereocenters. The molecule has 0 spiro atoms. The zero-order chi connectivity index (χ0) is 24.2. The minimum atomic E-state index is -0.787. The van der Waals surface area contributed by atoms with Crippen molar-refractivity contribution in [1.29, 1.82) is 5.26 Å². The summed E-state index contributed by atoms with van der Waals surface area (Å²) < 4.78 is 15.6. The van der Waals surface area contributed by atoms with Crippen LogP contribution in [0.15, 0.2) is 115 Å². The van der Waals surface area contributed by atoms with Crippen LogP contribution >= 0.6 is 0 Å². The third-order valence-corrected chi connectivity index (χ3v) is 6.03. The quantitative estimate of drug-likeness (QED) is 0.251. The Hall–Kier alpha value is -4.99. The summed E-state index contributed by atoms with van der Waals surface area (Å²) in [5.41, 5.74) is 6.11. The molecule has 0 aromatic heterocycles. The Balaban J connectivity index is 1.71. The molecule has 0 heterocycles. The molecule has 0 aliphatic heterocycles. The smallest absolute Gasteiger partial charge is 0.231 e. The van der Waals surface area contributed by atoms with E-state index in [0.717, 1.165) is 33.4 Å². The van der Waals surface area contributed by atoms with Crippen molar-refractivity contribution < 1.29 is 4.39 Å². The highest BCUT2D eigenvalue weighted by Gasteiger charge is 2.21. The van der Waals surface area contributed by atoms with Crippen molar-refractivity contribution in [3.8, 4) is 50.6 Å². The van der Waals surface area contributed by atoms with Gasteiger partial charge in [0.25, 0.3) is 0 Å². The molecule has 3 heteroatoms. The molecule has 35 heavy (non-hydrogen) atoms. The molecule has 0 bridgehead atoms. The van der Waals surface area contributed by atoms with Crippen molar-refractivity contribution in [3.63, 3.8) is 0 Å². The predicted octanol–water partition coefficient (Wildman–Crippen LogP) is 8.92. The number of halogens is 1. The molecular formula is C32H19FN2. The van der Waals surface area contributed by atoms with Crippen LogP contribution in [0.2, 0.25) is 0 Å². The maximum absolute atomic E-state index is 15.6. The predicted molar refractivity (Wildman–Crippen MR) is 139 cm³/mol. The van der Waals surface area contributed by atoms with Crippen LogP contribution in [-0.4, -0.2) is 0 Å². The van der Waals surface area contributed by atoms with E-state index in [0.29, 0.717) is 11.1 Å². The van der Waals surface area contributed by atoms with Crippen molar-refractivity contribution in [2.75, 3.05) is 0 Å². The molecule has 0 saturated heterocycles. The maximum Gasteiger partial charge on any atom is 0.231 e. The van der Waals surface area contributed by atoms with Crippen molar-refractivity contribution >= 4 is 5.69 Å². The van der Waals surface area contributed by atoms with Gasteiger partial charge in [0.1, 0.15) is 11.9 Å². The minimum absolute atomic E-state index is 0.121. The van der Waals surface area contributed by atoms with Crippen LogP contribution in [0.4, 0.5) is 10.1 Å². The fourth-order valence-corrected chi connectivity index (χ4v) is 4.30. The summed E-state index contributed by atoms with van der Waals surface area (Å²) in [6, 6.07) is 39.0. The second-order valence-corrected chi connectivity index (χ2v) is 8.13. The average Bonchev–Trinajstić information content (AvgIpc) is 2.93. The van der Waals surface area contributed by atoms with Crippen molar-refractivity contribution in [1.82, 2.24) is 0 Å². The second kappa shape index (κ2) is 9.48. The van der Waals surface area contributed by atoms with Gasteiger partial charge in [0.05, 0.1) is 12.1 Å². The van der Waals surface area contributed by atoms with Crippen molar-refractivity contribution in [2.24, 2.45) is 0 Å². The molecule has 0 fully saturated rings. The molecule has 2 nitrogen and oxygen atoms in total. The second-order valence-electron chi connectivity index (χ2n) is 8.13. The van der Waals surface area contributed by atoms with Gasteiger partial charge in [-0.2, -0.15) is 5.26 Å². The van der Waals surface area contributed by atoms with Gasteiger partial charge in [-0.05, 0) is 51.1 Å². The molecule has 0 radical (unpaired) electrons. The third kappa shape index (κ3) is 4.20. The van der Waals surface area contributed by atoms with Crippen LogP contribution in [-0.2, 0) is 0 Å². The molecular weight excluding hydrogens is 431 g/mol. The standard InChI is InChI=1S/C32H19FN2/c1-35-32-29(27-17-9-15-25(19-27)23-12-6-3-7-13-23)20-28(30(21-34)31(32)33)26-16-8-14-24(18-26)22-10-4-2-5-11-22/h2-20H. The first-order valence-corrected chi connectivity index (χ1v) is 11.2. The molecule has 0 N–H and O–H groups in total. The van der Waals surface area contributed by atoms with Crippen LogP contribution < -0.4 is 0 Å². The fourth-order valence-electron chi connectivity index (χ4n) is 4.30. The molecule has 0 aliphatic carbocycles. The summed E-state index contributed by atoms with van der Waals surface area (Å²) in [5, 5.41) is 9.83. The van der Waals surface area contributed by atoms with Gasteiger partial charge >= 0.3 is 0 Å². The van der Waals surface area contributed by atoms with Gasteiger partial charge in [0.2, 0.25) is 5.69 Å². The fraction of sp³-hybridized carbons (Fsp3) is 0. The Labute approximate surface area is 204 Å². The first-order valence-electron chi connectivity index (χ1n) is 11.2. The first kappa shape index (κ1) is 21.8. The van der Waals surface area contributed by atoms with E-state index < -0.39 is 5.82 Å². The largest absolute Gasteiger partial charge is 0.234 e. The van der Waals surface area contributed by atoms with Gasteiger partial charge in [-0.1, -0.05) is 103 Å². The third-order valence-electron chi connectivity index (χ3n) is 6.03. The van der Waals surface area contributed by atoms with Crippen molar-refractivity contribution in [2.45, 2.75) is 0 Å². The Morgan fingerprint density at radius 3 is 1.51 bits per heavy atom. The van der Waals surface area contributed by atoms with Crippen LogP contribution in [0, 0.1) is 23.7 Å². The van der Waals surface area contributed by atoms with Crippen LogP contribution in [0.3, 0.4) is 0 Å².